The Morgan fingerprint density at radius 3 is 2.28 bits per heavy atom. The van der Waals surface area contributed by atoms with Gasteiger partial charge < -0.3 is 5.73 Å². The molecule has 2 atom stereocenters. The molecule has 0 amide bonds. The molecule has 2 N–H and O–H groups in total. The van der Waals surface area contributed by atoms with E-state index in [4.69, 9.17) is 5.73 Å². The Hall–Kier alpha value is -3.15. The van der Waals surface area contributed by atoms with E-state index in [1.807, 2.05) is 59.5 Å². The molecule has 1 heterocycles. The van der Waals surface area contributed by atoms with Crippen molar-refractivity contribution in [3.63, 3.8) is 0 Å². The van der Waals surface area contributed by atoms with Gasteiger partial charge in [-0.2, -0.15) is 0 Å². The van der Waals surface area contributed by atoms with Gasteiger partial charge in [0.1, 0.15) is 11.6 Å². The molecule has 0 fully saturated rings. The highest BCUT2D eigenvalue weighted by atomic mass is 19.1. The molecule has 0 bridgehead atoms. The van der Waals surface area contributed by atoms with Crippen molar-refractivity contribution in [1.29, 1.82) is 0 Å². The van der Waals surface area contributed by atoms with Crippen LogP contribution in [0.1, 0.15) is 22.7 Å². The van der Waals surface area contributed by atoms with Crippen LogP contribution in [0.15, 0.2) is 84.9 Å². The summed E-state index contributed by atoms with van der Waals surface area (Å²) in [5, 5.41) is 0. The summed E-state index contributed by atoms with van der Waals surface area (Å²) in [4.78, 5) is 14.0. The van der Waals surface area contributed by atoms with Crippen LogP contribution in [0.25, 0.3) is 5.57 Å². The SMILES string of the molecule is N[C@@](C=O)(c1ccccc1)N1CC(c2cc(F)ccc2F)=CC1c1ccccc1. The smallest absolute Gasteiger partial charge is 0.159 e. The molecule has 5 heteroatoms. The first-order chi connectivity index (χ1) is 14.0. The monoisotopic (exact) mass is 390 g/mol. The first-order valence-electron chi connectivity index (χ1n) is 9.31. The predicted octanol–water partition coefficient (Wildman–Crippen LogP) is 4.42. The average Bonchev–Trinajstić information content (AvgIpc) is 3.22. The summed E-state index contributed by atoms with van der Waals surface area (Å²) >= 11 is 0. The van der Waals surface area contributed by atoms with Gasteiger partial charge in [-0.05, 0) is 34.9 Å². The van der Waals surface area contributed by atoms with E-state index in [1.165, 1.54) is 6.07 Å². The molecule has 0 saturated heterocycles. The second-order valence-electron chi connectivity index (χ2n) is 7.11. The van der Waals surface area contributed by atoms with Gasteiger partial charge in [-0.25, -0.2) is 8.78 Å². The van der Waals surface area contributed by atoms with Crippen molar-refractivity contribution in [3.05, 3.63) is 113 Å². The van der Waals surface area contributed by atoms with Crippen LogP contribution in [0.3, 0.4) is 0 Å². The number of carbonyl (C=O) groups is 1. The lowest BCUT2D eigenvalue weighted by Gasteiger charge is -2.38. The number of rotatable bonds is 5. The second-order valence-corrected chi connectivity index (χ2v) is 7.11. The molecular weight excluding hydrogens is 370 g/mol. The second kappa shape index (κ2) is 7.70. The zero-order valence-electron chi connectivity index (χ0n) is 15.6. The van der Waals surface area contributed by atoms with Crippen LogP contribution in [0.4, 0.5) is 8.78 Å². The number of aldehydes is 1. The molecule has 0 saturated carbocycles. The number of nitrogens with zero attached hydrogens (tertiary/aromatic N) is 1. The average molecular weight is 390 g/mol. The van der Waals surface area contributed by atoms with Crippen molar-refractivity contribution >= 4 is 11.9 Å². The quantitative estimate of drug-likeness (QED) is 0.656. The van der Waals surface area contributed by atoms with Crippen molar-refractivity contribution in [2.75, 3.05) is 6.54 Å². The van der Waals surface area contributed by atoms with Gasteiger partial charge in [0.2, 0.25) is 0 Å². The van der Waals surface area contributed by atoms with E-state index in [-0.39, 0.29) is 18.2 Å². The normalized spacial score (nSPS) is 18.9. The minimum atomic E-state index is -1.43. The van der Waals surface area contributed by atoms with Gasteiger partial charge in [-0.15, -0.1) is 0 Å². The Balaban J connectivity index is 1.83. The predicted molar refractivity (Wildman–Crippen MR) is 109 cm³/mol. The summed E-state index contributed by atoms with van der Waals surface area (Å²) in [6.07, 6.45) is 2.55. The summed E-state index contributed by atoms with van der Waals surface area (Å²) in [5.74, 6) is -1.03. The zero-order valence-corrected chi connectivity index (χ0v) is 15.6. The van der Waals surface area contributed by atoms with Gasteiger partial charge in [0.05, 0.1) is 6.04 Å². The highest BCUT2D eigenvalue weighted by Gasteiger charge is 2.42. The van der Waals surface area contributed by atoms with Crippen molar-refractivity contribution < 1.29 is 13.6 Å². The van der Waals surface area contributed by atoms with Gasteiger partial charge in [0.25, 0.3) is 0 Å². The fourth-order valence-electron chi connectivity index (χ4n) is 3.83. The Bertz CT molecular complexity index is 1050. The number of carbonyl (C=O) groups excluding carboxylic acids is 1. The van der Waals surface area contributed by atoms with E-state index in [0.29, 0.717) is 17.4 Å². The fraction of sp³-hybridized carbons (Fsp3) is 0.125. The Labute approximate surface area is 168 Å². The first kappa shape index (κ1) is 19.2. The van der Waals surface area contributed by atoms with E-state index in [0.717, 1.165) is 17.7 Å². The third-order valence-electron chi connectivity index (χ3n) is 5.34. The summed E-state index contributed by atoms with van der Waals surface area (Å²) < 4.78 is 28.2. The molecule has 4 rings (SSSR count). The number of halogens is 2. The molecule has 3 aromatic rings. The molecule has 146 valence electrons. The van der Waals surface area contributed by atoms with Crippen molar-refractivity contribution in [2.24, 2.45) is 5.73 Å². The van der Waals surface area contributed by atoms with Crippen LogP contribution in [0, 0.1) is 11.6 Å². The maximum absolute atomic E-state index is 14.5. The van der Waals surface area contributed by atoms with Gasteiger partial charge in [-0.1, -0.05) is 66.7 Å². The zero-order chi connectivity index (χ0) is 20.4. The lowest BCUT2D eigenvalue weighted by molar-refractivity contribution is -0.119. The van der Waals surface area contributed by atoms with Gasteiger partial charge in [0.15, 0.2) is 11.9 Å². The molecule has 3 nitrogen and oxygen atoms in total. The molecular formula is C24H20F2N2O. The summed E-state index contributed by atoms with van der Waals surface area (Å²) in [6.45, 7) is 0.198. The molecule has 0 aromatic heterocycles. The largest absolute Gasteiger partial charge is 0.303 e. The fourth-order valence-corrected chi connectivity index (χ4v) is 3.83. The molecule has 1 aliphatic rings. The van der Waals surface area contributed by atoms with Crippen LogP contribution in [0.2, 0.25) is 0 Å². The summed E-state index contributed by atoms with van der Waals surface area (Å²) in [6, 6.07) is 21.6. The maximum atomic E-state index is 14.5. The third kappa shape index (κ3) is 3.50. The van der Waals surface area contributed by atoms with Crippen LogP contribution < -0.4 is 5.73 Å². The molecule has 3 aromatic carbocycles. The first-order valence-corrected chi connectivity index (χ1v) is 9.31. The highest BCUT2D eigenvalue weighted by molar-refractivity contribution is 5.74. The topological polar surface area (TPSA) is 46.3 Å². The van der Waals surface area contributed by atoms with Crippen LogP contribution in [-0.4, -0.2) is 17.7 Å². The lowest BCUT2D eigenvalue weighted by atomic mass is 9.96. The minimum Gasteiger partial charge on any atom is -0.303 e. The number of nitrogens with two attached hydrogens (primary N) is 1. The number of hydrogen-bond donors (Lipinski definition) is 1. The van der Waals surface area contributed by atoms with E-state index >= 15 is 0 Å². The van der Waals surface area contributed by atoms with Crippen molar-refractivity contribution in [1.82, 2.24) is 4.90 Å². The molecule has 1 aliphatic heterocycles. The summed E-state index contributed by atoms with van der Waals surface area (Å²) in [5.41, 5.74) is 7.49. The lowest BCUT2D eigenvalue weighted by Crippen LogP contribution is -2.54. The van der Waals surface area contributed by atoms with Crippen LogP contribution in [0.5, 0.6) is 0 Å². The Morgan fingerprint density at radius 1 is 0.966 bits per heavy atom. The number of benzene rings is 3. The Kier molecular flexibility index (Phi) is 5.09. The van der Waals surface area contributed by atoms with Crippen molar-refractivity contribution in [3.8, 4) is 0 Å². The van der Waals surface area contributed by atoms with Crippen LogP contribution >= 0.6 is 0 Å². The standard InChI is InChI=1S/C24H20F2N2O/c25-20-11-12-22(26)21(14-20)18-13-23(17-7-3-1-4-8-17)28(15-18)24(27,16-29)19-9-5-2-6-10-19/h1-14,16,23H,15,27H2/t23?,24-/m1/s1. The van der Waals surface area contributed by atoms with Gasteiger partial charge in [0, 0.05) is 12.1 Å². The van der Waals surface area contributed by atoms with E-state index in [1.54, 1.807) is 12.1 Å². The summed E-state index contributed by atoms with van der Waals surface area (Å²) in [7, 11) is 0. The third-order valence-corrected chi connectivity index (χ3v) is 5.34. The van der Waals surface area contributed by atoms with Gasteiger partial charge >= 0.3 is 0 Å². The Morgan fingerprint density at radius 2 is 1.62 bits per heavy atom. The van der Waals surface area contributed by atoms with E-state index in [2.05, 4.69) is 0 Å². The minimum absolute atomic E-state index is 0.176. The number of hydrogen-bond acceptors (Lipinski definition) is 3. The highest BCUT2D eigenvalue weighted by Crippen LogP contribution is 2.41. The molecule has 0 radical (unpaired) electrons. The molecule has 0 spiro atoms. The molecule has 29 heavy (non-hydrogen) atoms. The molecule has 0 aliphatic carbocycles. The molecule has 1 unspecified atom stereocenters. The van der Waals surface area contributed by atoms with Gasteiger partial charge in [-0.3, -0.25) is 9.69 Å². The van der Waals surface area contributed by atoms with E-state index < -0.39 is 17.3 Å². The maximum Gasteiger partial charge on any atom is 0.159 e. The van der Waals surface area contributed by atoms with Crippen molar-refractivity contribution in [2.45, 2.75) is 11.7 Å². The van der Waals surface area contributed by atoms with E-state index in [9.17, 15) is 13.6 Å². The van der Waals surface area contributed by atoms with Crippen LogP contribution in [-0.2, 0) is 10.5 Å².